The molecule has 1 aromatic carbocycles. The number of hydrogen-bond acceptors (Lipinski definition) is 5. The molecule has 0 aliphatic carbocycles. The number of halogens is 3. The van der Waals surface area contributed by atoms with Gasteiger partial charge in [-0.15, -0.1) is 36.2 Å². The lowest BCUT2D eigenvalue weighted by atomic mass is 9.93. The number of nitrogens with one attached hydrogen (secondary N) is 1. The molecule has 0 saturated carbocycles. The van der Waals surface area contributed by atoms with Gasteiger partial charge in [0.15, 0.2) is 0 Å². The Morgan fingerprint density at radius 1 is 1.26 bits per heavy atom. The van der Waals surface area contributed by atoms with Gasteiger partial charge in [0, 0.05) is 6.54 Å². The Bertz CT molecular complexity index is 714. The van der Waals surface area contributed by atoms with Crippen molar-refractivity contribution < 1.29 is 13.9 Å². The van der Waals surface area contributed by atoms with Crippen molar-refractivity contribution in [2.24, 2.45) is 5.73 Å². The first-order valence-electron chi connectivity index (χ1n) is 8.30. The van der Waals surface area contributed by atoms with Crippen molar-refractivity contribution in [2.75, 3.05) is 6.54 Å². The Morgan fingerprint density at radius 3 is 2.37 bits per heavy atom. The molecule has 2 aromatic rings. The highest BCUT2D eigenvalue weighted by Crippen LogP contribution is 2.22. The van der Waals surface area contributed by atoms with Crippen molar-refractivity contribution in [3.05, 3.63) is 45.7 Å². The first-order valence-corrected chi connectivity index (χ1v) is 9.12. The zero-order valence-corrected chi connectivity index (χ0v) is 18.0. The number of benzene rings is 1. The van der Waals surface area contributed by atoms with Gasteiger partial charge in [-0.1, -0.05) is 13.8 Å². The van der Waals surface area contributed by atoms with Gasteiger partial charge in [-0.05, 0) is 44.0 Å². The summed E-state index contributed by atoms with van der Waals surface area (Å²) in [5.74, 6) is 0.0863. The topological polar surface area (TPSA) is 77.2 Å². The molecule has 0 atom stereocenters. The molecule has 9 heteroatoms. The van der Waals surface area contributed by atoms with Gasteiger partial charge in [0.1, 0.15) is 28.1 Å². The molecule has 0 unspecified atom stereocenters. The molecule has 0 aliphatic rings. The van der Waals surface area contributed by atoms with Crippen molar-refractivity contribution in [3.63, 3.8) is 0 Å². The van der Waals surface area contributed by atoms with E-state index < -0.39 is 5.54 Å². The maximum absolute atomic E-state index is 12.9. The van der Waals surface area contributed by atoms with Crippen LogP contribution in [0.15, 0.2) is 24.3 Å². The number of nitrogens with two attached hydrogens (primary N) is 1. The van der Waals surface area contributed by atoms with Crippen LogP contribution in [0.3, 0.4) is 0 Å². The van der Waals surface area contributed by atoms with Gasteiger partial charge in [-0.25, -0.2) is 9.37 Å². The van der Waals surface area contributed by atoms with E-state index in [1.807, 2.05) is 13.8 Å². The van der Waals surface area contributed by atoms with Crippen LogP contribution >= 0.6 is 36.2 Å². The van der Waals surface area contributed by atoms with Crippen LogP contribution in [0.5, 0.6) is 5.75 Å². The zero-order chi connectivity index (χ0) is 18.4. The summed E-state index contributed by atoms with van der Waals surface area (Å²) in [6.07, 6.45) is 1.54. The van der Waals surface area contributed by atoms with Gasteiger partial charge in [-0.3, -0.25) is 4.79 Å². The lowest BCUT2D eigenvalue weighted by Gasteiger charge is -2.31. The summed E-state index contributed by atoms with van der Waals surface area (Å²) in [4.78, 5) is 17.6. The number of amides is 1. The van der Waals surface area contributed by atoms with Crippen LogP contribution in [-0.2, 0) is 6.61 Å². The summed E-state index contributed by atoms with van der Waals surface area (Å²) < 4.78 is 18.5. The van der Waals surface area contributed by atoms with Crippen LogP contribution < -0.4 is 15.8 Å². The van der Waals surface area contributed by atoms with Crippen LogP contribution in [0.2, 0.25) is 0 Å². The highest BCUT2D eigenvalue weighted by Gasteiger charge is 2.28. The van der Waals surface area contributed by atoms with E-state index in [-0.39, 0.29) is 43.1 Å². The minimum atomic E-state index is -0.391. The fourth-order valence-corrected chi connectivity index (χ4v) is 3.34. The van der Waals surface area contributed by atoms with Gasteiger partial charge in [0.25, 0.3) is 5.91 Å². The molecule has 5 nitrogen and oxygen atoms in total. The number of carbonyl (C=O) groups is 1. The predicted octanol–water partition coefficient (Wildman–Crippen LogP) is 4.26. The number of nitrogens with zero attached hydrogens (tertiary/aromatic N) is 1. The summed E-state index contributed by atoms with van der Waals surface area (Å²) in [6, 6.07) is 5.79. The van der Waals surface area contributed by atoms with Crippen molar-refractivity contribution in [3.8, 4) is 5.75 Å². The molecule has 1 aromatic heterocycles. The molecule has 1 heterocycles. The number of aryl methyl sites for hydroxylation is 1. The number of aromatic nitrogens is 1. The summed E-state index contributed by atoms with van der Waals surface area (Å²) in [6.45, 7) is 6.45. The van der Waals surface area contributed by atoms with E-state index in [1.165, 1.54) is 23.5 Å². The van der Waals surface area contributed by atoms with Crippen molar-refractivity contribution in [1.82, 2.24) is 10.3 Å². The summed E-state index contributed by atoms with van der Waals surface area (Å²) >= 11 is 1.30. The van der Waals surface area contributed by atoms with Crippen LogP contribution in [0.25, 0.3) is 0 Å². The van der Waals surface area contributed by atoms with Crippen LogP contribution in [-0.4, -0.2) is 23.0 Å². The third kappa shape index (κ3) is 6.60. The van der Waals surface area contributed by atoms with Gasteiger partial charge in [0.05, 0.1) is 11.2 Å². The molecule has 0 spiro atoms. The van der Waals surface area contributed by atoms with E-state index in [4.69, 9.17) is 10.5 Å². The predicted molar refractivity (Wildman–Crippen MR) is 112 cm³/mol. The molecular formula is C18H26Cl2FN3O2S. The highest BCUT2D eigenvalue weighted by molar-refractivity contribution is 7.13. The van der Waals surface area contributed by atoms with E-state index in [0.717, 1.165) is 12.8 Å². The van der Waals surface area contributed by atoms with E-state index in [9.17, 15) is 9.18 Å². The number of hydrogen-bond donors (Lipinski definition) is 2. The fourth-order valence-electron chi connectivity index (χ4n) is 2.46. The molecular weight excluding hydrogens is 412 g/mol. The van der Waals surface area contributed by atoms with Crippen LogP contribution in [0.1, 0.15) is 47.1 Å². The van der Waals surface area contributed by atoms with Crippen LogP contribution in [0, 0.1) is 12.7 Å². The second-order valence-corrected chi connectivity index (χ2v) is 6.99. The van der Waals surface area contributed by atoms with Gasteiger partial charge in [-0.2, -0.15) is 0 Å². The van der Waals surface area contributed by atoms with Gasteiger partial charge < -0.3 is 15.8 Å². The SMILES string of the molecule is CCC(CC)(CN)NC(=O)c1sc(COc2ccc(F)cc2)nc1C.Cl.Cl. The molecule has 3 N–H and O–H groups in total. The van der Waals surface area contributed by atoms with E-state index >= 15 is 0 Å². The Balaban J connectivity index is 0.00000338. The standard InChI is InChI=1S/C18H24FN3O2S.2ClH/c1-4-18(5-2,11-20)22-17(23)16-12(3)21-15(25-16)10-24-14-8-6-13(19)7-9-14;;/h6-9H,4-5,10-11,20H2,1-3H3,(H,22,23);2*1H. The molecule has 0 aliphatic heterocycles. The summed E-state index contributed by atoms with van der Waals surface area (Å²) in [7, 11) is 0. The van der Waals surface area contributed by atoms with E-state index in [0.29, 0.717) is 27.9 Å². The van der Waals surface area contributed by atoms with E-state index in [2.05, 4.69) is 10.3 Å². The Morgan fingerprint density at radius 2 is 1.85 bits per heavy atom. The Hall–Kier alpha value is -1.41. The minimum absolute atomic E-state index is 0. The first kappa shape index (κ1) is 25.6. The summed E-state index contributed by atoms with van der Waals surface area (Å²) in [5, 5.41) is 3.75. The van der Waals surface area contributed by atoms with Crippen molar-refractivity contribution in [2.45, 2.75) is 45.8 Å². The molecule has 1 amide bonds. The lowest BCUT2D eigenvalue weighted by molar-refractivity contribution is 0.0898. The maximum atomic E-state index is 12.9. The molecule has 152 valence electrons. The van der Waals surface area contributed by atoms with Gasteiger partial charge in [0.2, 0.25) is 0 Å². The molecule has 27 heavy (non-hydrogen) atoms. The molecule has 0 fully saturated rings. The quantitative estimate of drug-likeness (QED) is 0.646. The smallest absolute Gasteiger partial charge is 0.263 e. The molecule has 0 radical (unpaired) electrons. The number of rotatable bonds is 8. The van der Waals surface area contributed by atoms with Crippen LogP contribution in [0.4, 0.5) is 4.39 Å². The second kappa shape index (κ2) is 11.4. The normalized spacial score (nSPS) is 10.6. The molecule has 0 saturated heterocycles. The lowest BCUT2D eigenvalue weighted by Crippen LogP contribution is -2.52. The largest absolute Gasteiger partial charge is 0.486 e. The molecule has 0 bridgehead atoms. The number of thiazole rings is 1. The monoisotopic (exact) mass is 437 g/mol. The first-order chi connectivity index (χ1) is 11.9. The maximum Gasteiger partial charge on any atom is 0.263 e. The third-order valence-corrected chi connectivity index (χ3v) is 5.48. The Labute approximate surface area is 175 Å². The minimum Gasteiger partial charge on any atom is -0.486 e. The molecule has 2 rings (SSSR count). The van der Waals surface area contributed by atoms with Crippen molar-refractivity contribution >= 4 is 42.1 Å². The zero-order valence-electron chi connectivity index (χ0n) is 15.6. The van der Waals surface area contributed by atoms with Gasteiger partial charge >= 0.3 is 0 Å². The average Bonchev–Trinajstić information content (AvgIpc) is 3.00. The fraction of sp³-hybridized carbons (Fsp3) is 0.444. The second-order valence-electron chi connectivity index (χ2n) is 5.91. The Kier molecular flexibility index (Phi) is 10.8. The number of ether oxygens (including phenoxy) is 1. The third-order valence-electron chi connectivity index (χ3n) is 4.35. The summed E-state index contributed by atoms with van der Waals surface area (Å²) in [5.41, 5.74) is 6.12. The van der Waals surface area contributed by atoms with Crippen molar-refractivity contribution in [1.29, 1.82) is 0 Å². The van der Waals surface area contributed by atoms with E-state index in [1.54, 1.807) is 19.1 Å². The average molecular weight is 438 g/mol. The highest BCUT2D eigenvalue weighted by atomic mass is 35.5. The number of carbonyl (C=O) groups excluding carboxylic acids is 1.